The van der Waals surface area contributed by atoms with Gasteiger partial charge in [-0.15, -0.1) is 0 Å². The second-order valence-electron chi connectivity index (χ2n) is 5.30. The Kier molecular flexibility index (Phi) is 3.80. The zero-order valence-corrected chi connectivity index (χ0v) is 12.9. The molecule has 0 saturated carbocycles. The van der Waals surface area contributed by atoms with Gasteiger partial charge in [0, 0.05) is 23.2 Å². The minimum absolute atomic E-state index is 0.720. The minimum Gasteiger partial charge on any atom is -0.379 e. The summed E-state index contributed by atoms with van der Waals surface area (Å²) >= 11 is 6.18. The Bertz CT molecular complexity index is 796. The van der Waals surface area contributed by atoms with E-state index in [1.54, 1.807) is 6.20 Å². The van der Waals surface area contributed by atoms with Crippen molar-refractivity contribution in [3.8, 4) is 0 Å². The van der Waals surface area contributed by atoms with Crippen LogP contribution in [0.2, 0.25) is 5.02 Å². The molecule has 21 heavy (non-hydrogen) atoms. The molecular formula is C18H17ClN2. The summed E-state index contributed by atoms with van der Waals surface area (Å²) in [4.78, 5) is 4.45. The average Bonchev–Trinajstić information content (AvgIpc) is 2.48. The summed E-state index contributed by atoms with van der Waals surface area (Å²) < 4.78 is 0. The minimum atomic E-state index is 0.720. The maximum Gasteiger partial charge on any atom is 0.0934 e. The molecule has 1 heterocycles. The highest BCUT2D eigenvalue weighted by atomic mass is 35.5. The Morgan fingerprint density at radius 1 is 1.05 bits per heavy atom. The predicted octanol–water partition coefficient (Wildman–Crippen LogP) is 5.12. The summed E-state index contributed by atoms with van der Waals surface area (Å²) in [6.45, 7) is 5.02. The molecule has 3 aromatic rings. The van der Waals surface area contributed by atoms with Crippen LogP contribution in [0, 0.1) is 13.8 Å². The molecule has 0 aliphatic rings. The van der Waals surface area contributed by atoms with Gasteiger partial charge < -0.3 is 5.32 Å². The summed E-state index contributed by atoms with van der Waals surface area (Å²) in [7, 11) is 0. The smallest absolute Gasteiger partial charge is 0.0934 e. The first-order valence-corrected chi connectivity index (χ1v) is 7.35. The van der Waals surface area contributed by atoms with Crippen LogP contribution in [0.15, 0.2) is 48.7 Å². The monoisotopic (exact) mass is 296 g/mol. The number of anilines is 1. The van der Waals surface area contributed by atoms with Crippen LogP contribution in [-0.2, 0) is 6.54 Å². The van der Waals surface area contributed by atoms with Crippen LogP contribution in [-0.4, -0.2) is 4.98 Å². The normalized spacial score (nSPS) is 10.8. The van der Waals surface area contributed by atoms with E-state index in [0.29, 0.717) is 0 Å². The van der Waals surface area contributed by atoms with Crippen LogP contribution < -0.4 is 5.32 Å². The van der Waals surface area contributed by atoms with E-state index in [9.17, 15) is 0 Å². The molecule has 106 valence electrons. The lowest BCUT2D eigenvalue weighted by atomic mass is 10.1. The first-order valence-electron chi connectivity index (χ1n) is 6.98. The largest absolute Gasteiger partial charge is 0.379 e. The van der Waals surface area contributed by atoms with Gasteiger partial charge in [-0.2, -0.15) is 0 Å². The Morgan fingerprint density at radius 2 is 1.90 bits per heavy atom. The fourth-order valence-corrected chi connectivity index (χ4v) is 2.63. The van der Waals surface area contributed by atoms with Gasteiger partial charge in [-0.3, -0.25) is 4.98 Å². The van der Waals surface area contributed by atoms with E-state index in [1.165, 1.54) is 16.7 Å². The second kappa shape index (κ2) is 5.74. The third-order valence-corrected chi connectivity index (χ3v) is 3.94. The molecule has 0 bridgehead atoms. The number of nitrogens with one attached hydrogen (secondary N) is 1. The number of halogens is 1. The zero-order valence-electron chi connectivity index (χ0n) is 12.2. The van der Waals surface area contributed by atoms with Crippen molar-refractivity contribution in [2.45, 2.75) is 20.4 Å². The van der Waals surface area contributed by atoms with Gasteiger partial charge in [-0.1, -0.05) is 35.9 Å². The van der Waals surface area contributed by atoms with Gasteiger partial charge in [0.05, 0.1) is 11.2 Å². The van der Waals surface area contributed by atoms with Gasteiger partial charge in [-0.05, 0) is 48.7 Å². The van der Waals surface area contributed by atoms with Crippen molar-refractivity contribution in [2.24, 2.45) is 0 Å². The molecule has 0 atom stereocenters. The SMILES string of the molecule is Cc1ccc(CNc2cc(Cl)cc3cccnc23)cc1C. The Balaban J connectivity index is 1.89. The molecule has 0 amide bonds. The van der Waals surface area contributed by atoms with Crippen LogP contribution in [0.3, 0.4) is 0 Å². The van der Waals surface area contributed by atoms with Crippen molar-refractivity contribution in [3.63, 3.8) is 0 Å². The quantitative estimate of drug-likeness (QED) is 0.726. The van der Waals surface area contributed by atoms with Gasteiger partial charge in [0.2, 0.25) is 0 Å². The average molecular weight is 297 g/mol. The maximum absolute atomic E-state index is 6.18. The van der Waals surface area contributed by atoms with Crippen molar-refractivity contribution < 1.29 is 0 Å². The van der Waals surface area contributed by atoms with Gasteiger partial charge in [-0.25, -0.2) is 0 Å². The molecule has 3 rings (SSSR count). The number of aromatic nitrogens is 1. The van der Waals surface area contributed by atoms with Gasteiger partial charge in [0.1, 0.15) is 0 Å². The maximum atomic E-state index is 6.18. The van der Waals surface area contributed by atoms with E-state index in [1.807, 2.05) is 24.3 Å². The molecule has 2 aromatic carbocycles. The molecule has 1 aromatic heterocycles. The number of benzene rings is 2. The lowest BCUT2D eigenvalue weighted by Crippen LogP contribution is -2.01. The highest BCUT2D eigenvalue weighted by Crippen LogP contribution is 2.26. The molecule has 0 spiro atoms. The van der Waals surface area contributed by atoms with E-state index in [-0.39, 0.29) is 0 Å². The lowest BCUT2D eigenvalue weighted by molar-refractivity contribution is 1.13. The molecule has 0 radical (unpaired) electrons. The first-order chi connectivity index (χ1) is 10.1. The molecule has 3 heteroatoms. The number of nitrogens with zero attached hydrogens (tertiary/aromatic N) is 1. The summed E-state index contributed by atoms with van der Waals surface area (Å²) in [6, 6.07) is 14.3. The van der Waals surface area contributed by atoms with E-state index >= 15 is 0 Å². The van der Waals surface area contributed by atoms with Crippen molar-refractivity contribution in [1.82, 2.24) is 4.98 Å². The Morgan fingerprint density at radius 3 is 2.71 bits per heavy atom. The van der Waals surface area contributed by atoms with E-state index < -0.39 is 0 Å². The van der Waals surface area contributed by atoms with Crippen LogP contribution >= 0.6 is 11.6 Å². The molecular weight excluding hydrogens is 280 g/mol. The van der Waals surface area contributed by atoms with Crippen LogP contribution in [0.5, 0.6) is 0 Å². The Hall–Kier alpha value is -2.06. The van der Waals surface area contributed by atoms with Gasteiger partial charge in [0.15, 0.2) is 0 Å². The van der Waals surface area contributed by atoms with Crippen molar-refractivity contribution >= 4 is 28.2 Å². The van der Waals surface area contributed by atoms with E-state index in [4.69, 9.17) is 11.6 Å². The third kappa shape index (κ3) is 3.01. The molecule has 2 nitrogen and oxygen atoms in total. The number of aryl methyl sites for hydroxylation is 2. The van der Waals surface area contributed by atoms with Crippen LogP contribution in [0.1, 0.15) is 16.7 Å². The molecule has 0 aliphatic heterocycles. The summed E-state index contributed by atoms with van der Waals surface area (Å²) in [6.07, 6.45) is 1.80. The molecule has 0 saturated heterocycles. The summed E-state index contributed by atoms with van der Waals surface area (Å²) in [5.41, 5.74) is 5.79. The fraction of sp³-hybridized carbons (Fsp3) is 0.167. The van der Waals surface area contributed by atoms with Crippen molar-refractivity contribution in [1.29, 1.82) is 0 Å². The first kappa shape index (κ1) is 13.9. The van der Waals surface area contributed by atoms with Crippen LogP contribution in [0.4, 0.5) is 5.69 Å². The molecule has 0 unspecified atom stereocenters. The standard InChI is InChI=1S/C18H17ClN2/c1-12-5-6-14(8-13(12)2)11-21-17-10-16(19)9-15-4-3-7-20-18(15)17/h3-10,21H,11H2,1-2H3. The lowest BCUT2D eigenvalue weighted by Gasteiger charge is -2.11. The number of hydrogen-bond donors (Lipinski definition) is 1. The molecule has 0 fully saturated rings. The summed E-state index contributed by atoms with van der Waals surface area (Å²) in [5.74, 6) is 0. The molecule has 1 N–H and O–H groups in total. The third-order valence-electron chi connectivity index (χ3n) is 3.72. The van der Waals surface area contributed by atoms with Crippen LogP contribution in [0.25, 0.3) is 10.9 Å². The number of hydrogen-bond acceptors (Lipinski definition) is 2. The number of pyridine rings is 1. The number of rotatable bonds is 3. The number of fused-ring (bicyclic) bond motifs is 1. The van der Waals surface area contributed by atoms with E-state index in [2.05, 4.69) is 42.3 Å². The highest BCUT2D eigenvalue weighted by molar-refractivity contribution is 6.31. The van der Waals surface area contributed by atoms with Gasteiger partial charge >= 0.3 is 0 Å². The highest BCUT2D eigenvalue weighted by Gasteiger charge is 2.04. The topological polar surface area (TPSA) is 24.9 Å². The zero-order chi connectivity index (χ0) is 14.8. The Labute approximate surface area is 129 Å². The summed E-state index contributed by atoms with van der Waals surface area (Å²) in [5, 5.41) is 5.21. The van der Waals surface area contributed by atoms with Gasteiger partial charge in [0.25, 0.3) is 0 Å². The second-order valence-corrected chi connectivity index (χ2v) is 5.74. The predicted molar refractivity (Wildman–Crippen MR) is 90.0 cm³/mol. The van der Waals surface area contributed by atoms with Crippen molar-refractivity contribution in [3.05, 3.63) is 70.4 Å². The fourth-order valence-electron chi connectivity index (χ4n) is 2.40. The van der Waals surface area contributed by atoms with E-state index in [0.717, 1.165) is 28.2 Å². The molecule has 0 aliphatic carbocycles. The van der Waals surface area contributed by atoms with Crippen molar-refractivity contribution in [2.75, 3.05) is 5.32 Å².